The van der Waals surface area contributed by atoms with Crippen molar-refractivity contribution in [3.63, 3.8) is 0 Å². The number of carbonyl (C=O) groups excluding carboxylic acids is 2. The lowest BCUT2D eigenvalue weighted by molar-refractivity contribution is -0.117. The van der Waals surface area contributed by atoms with Gasteiger partial charge in [-0.05, 0) is 54.5 Å². The van der Waals surface area contributed by atoms with Crippen LogP contribution < -0.4 is 10.2 Å². The molecule has 3 rings (SSSR count). The van der Waals surface area contributed by atoms with Gasteiger partial charge in [0.15, 0.2) is 0 Å². The van der Waals surface area contributed by atoms with Gasteiger partial charge >= 0.3 is 0 Å². The Kier molecular flexibility index (Phi) is 5.41. The van der Waals surface area contributed by atoms with Crippen LogP contribution in [0.15, 0.2) is 48.5 Å². The summed E-state index contributed by atoms with van der Waals surface area (Å²) in [6, 6.07) is 12.4. The Balaban J connectivity index is 1.61. The molecule has 0 aliphatic carbocycles. The first kappa shape index (κ1) is 17.5. The topological polar surface area (TPSA) is 49.4 Å². The summed E-state index contributed by atoms with van der Waals surface area (Å²) in [4.78, 5) is 25.5. The Bertz CT molecular complexity index is 832. The second kappa shape index (κ2) is 7.72. The van der Waals surface area contributed by atoms with Crippen LogP contribution in [0.5, 0.6) is 0 Å². The predicted molar refractivity (Wildman–Crippen MR) is 102 cm³/mol. The van der Waals surface area contributed by atoms with Crippen LogP contribution in [0.4, 0.5) is 11.4 Å². The van der Waals surface area contributed by atoms with Crippen LogP contribution in [0, 0.1) is 0 Å². The molecule has 2 aromatic rings. The molecule has 2 aromatic carbocycles. The molecule has 0 aromatic heterocycles. The van der Waals surface area contributed by atoms with Crippen LogP contribution in [-0.4, -0.2) is 18.4 Å². The van der Waals surface area contributed by atoms with E-state index in [0.717, 1.165) is 24.2 Å². The molecular formula is C19H16Cl2N2O2. The number of amides is 2. The quantitative estimate of drug-likeness (QED) is 0.783. The summed E-state index contributed by atoms with van der Waals surface area (Å²) in [5.74, 6) is -0.114. The Morgan fingerprint density at radius 3 is 2.48 bits per heavy atom. The van der Waals surface area contributed by atoms with Gasteiger partial charge in [-0.1, -0.05) is 29.3 Å². The van der Waals surface area contributed by atoms with E-state index >= 15 is 0 Å². The molecule has 6 heteroatoms. The Labute approximate surface area is 156 Å². The number of halogens is 2. The van der Waals surface area contributed by atoms with Crippen LogP contribution in [-0.2, 0) is 9.59 Å². The van der Waals surface area contributed by atoms with Gasteiger partial charge < -0.3 is 10.2 Å². The molecule has 0 spiro atoms. The van der Waals surface area contributed by atoms with Gasteiger partial charge in [0.25, 0.3) is 0 Å². The highest BCUT2D eigenvalue weighted by Crippen LogP contribution is 2.24. The van der Waals surface area contributed by atoms with Gasteiger partial charge in [0.1, 0.15) is 0 Å². The maximum atomic E-state index is 12.0. The van der Waals surface area contributed by atoms with Gasteiger partial charge in [-0.25, -0.2) is 0 Å². The zero-order chi connectivity index (χ0) is 17.8. The van der Waals surface area contributed by atoms with E-state index in [9.17, 15) is 9.59 Å². The van der Waals surface area contributed by atoms with E-state index in [-0.39, 0.29) is 11.8 Å². The number of rotatable bonds is 4. The number of carbonyl (C=O) groups is 2. The van der Waals surface area contributed by atoms with E-state index < -0.39 is 0 Å². The number of nitrogens with one attached hydrogen (secondary N) is 1. The van der Waals surface area contributed by atoms with Crippen LogP contribution in [0.3, 0.4) is 0 Å². The van der Waals surface area contributed by atoms with Crippen molar-refractivity contribution < 1.29 is 9.59 Å². The highest BCUT2D eigenvalue weighted by molar-refractivity contribution is 6.42. The third-order valence-electron chi connectivity index (χ3n) is 3.89. The molecule has 1 saturated heterocycles. The summed E-state index contributed by atoms with van der Waals surface area (Å²) in [5, 5.41) is 3.69. The third-order valence-corrected chi connectivity index (χ3v) is 4.63. The van der Waals surface area contributed by atoms with Crippen molar-refractivity contribution in [2.24, 2.45) is 0 Å². The molecule has 0 bridgehead atoms. The average molecular weight is 375 g/mol. The fourth-order valence-corrected chi connectivity index (χ4v) is 2.92. The van der Waals surface area contributed by atoms with Crippen molar-refractivity contribution in [2.45, 2.75) is 12.8 Å². The van der Waals surface area contributed by atoms with Crippen LogP contribution >= 0.6 is 23.2 Å². The number of nitrogens with zero attached hydrogens (tertiary/aromatic N) is 1. The molecule has 2 amide bonds. The highest BCUT2D eigenvalue weighted by Gasteiger charge is 2.21. The normalized spacial score (nSPS) is 14.3. The van der Waals surface area contributed by atoms with Gasteiger partial charge in [-0.15, -0.1) is 0 Å². The summed E-state index contributed by atoms with van der Waals surface area (Å²) in [5.41, 5.74) is 2.30. The third kappa shape index (κ3) is 4.41. The van der Waals surface area contributed by atoms with Crippen molar-refractivity contribution >= 4 is 52.5 Å². The molecule has 1 aliphatic rings. The lowest BCUT2D eigenvalue weighted by Gasteiger charge is -2.15. The molecule has 128 valence electrons. The first-order valence-corrected chi connectivity index (χ1v) is 8.63. The maximum Gasteiger partial charge on any atom is 0.248 e. The Morgan fingerprint density at radius 1 is 1.08 bits per heavy atom. The van der Waals surface area contributed by atoms with Crippen LogP contribution in [0.25, 0.3) is 6.08 Å². The number of anilines is 2. The van der Waals surface area contributed by atoms with Gasteiger partial charge in [-0.3, -0.25) is 9.59 Å². The number of hydrogen-bond acceptors (Lipinski definition) is 2. The standard InChI is InChI=1S/C19H16Cl2N2O2/c20-16-9-3-13(12-17(16)21)4-10-18(24)22-14-5-7-15(8-6-14)23-11-1-2-19(23)25/h3-10,12H,1-2,11H2,(H,22,24)/b10-4+. The van der Waals surface area contributed by atoms with E-state index in [1.54, 1.807) is 41.3 Å². The zero-order valence-electron chi connectivity index (χ0n) is 13.3. The van der Waals surface area contributed by atoms with E-state index in [2.05, 4.69) is 5.32 Å². The Hall–Kier alpha value is -2.30. The minimum atomic E-state index is -0.254. The molecule has 0 unspecified atom stereocenters. The predicted octanol–water partition coefficient (Wildman–Crippen LogP) is 4.77. The minimum absolute atomic E-state index is 0.140. The second-order valence-corrected chi connectivity index (χ2v) is 6.51. The number of benzene rings is 2. The van der Waals surface area contributed by atoms with E-state index in [4.69, 9.17) is 23.2 Å². The molecule has 1 heterocycles. The Morgan fingerprint density at radius 2 is 1.84 bits per heavy atom. The van der Waals surface area contributed by atoms with E-state index in [1.807, 2.05) is 12.1 Å². The van der Waals surface area contributed by atoms with Crippen LogP contribution in [0.2, 0.25) is 10.0 Å². The smallest absolute Gasteiger partial charge is 0.248 e. The summed E-state index contributed by atoms with van der Waals surface area (Å²) in [6.07, 6.45) is 4.57. The van der Waals surface area contributed by atoms with Crippen molar-refractivity contribution in [3.8, 4) is 0 Å². The van der Waals surface area contributed by atoms with Gasteiger partial charge in [0.2, 0.25) is 11.8 Å². The number of hydrogen-bond donors (Lipinski definition) is 1. The maximum absolute atomic E-state index is 12.0. The first-order valence-electron chi connectivity index (χ1n) is 7.87. The summed E-state index contributed by atoms with van der Waals surface area (Å²) < 4.78 is 0. The first-order chi connectivity index (χ1) is 12.0. The van der Waals surface area contributed by atoms with Gasteiger partial charge in [0.05, 0.1) is 10.0 Å². The fraction of sp³-hybridized carbons (Fsp3) is 0.158. The van der Waals surface area contributed by atoms with E-state index in [0.29, 0.717) is 22.2 Å². The van der Waals surface area contributed by atoms with Crippen molar-refractivity contribution in [2.75, 3.05) is 16.8 Å². The molecule has 0 saturated carbocycles. The molecule has 0 radical (unpaired) electrons. The molecular weight excluding hydrogens is 359 g/mol. The van der Waals surface area contributed by atoms with Crippen molar-refractivity contribution in [3.05, 3.63) is 64.1 Å². The summed E-state index contributed by atoms with van der Waals surface area (Å²) in [7, 11) is 0. The van der Waals surface area contributed by atoms with E-state index in [1.165, 1.54) is 6.08 Å². The minimum Gasteiger partial charge on any atom is -0.323 e. The fourth-order valence-electron chi connectivity index (χ4n) is 2.62. The molecule has 1 fully saturated rings. The lowest BCUT2D eigenvalue weighted by Crippen LogP contribution is -2.23. The average Bonchev–Trinajstić information content (AvgIpc) is 3.03. The summed E-state index contributed by atoms with van der Waals surface area (Å²) in [6.45, 7) is 0.747. The molecule has 1 N–H and O–H groups in total. The SMILES string of the molecule is O=C(/C=C/c1ccc(Cl)c(Cl)c1)Nc1ccc(N2CCCC2=O)cc1. The van der Waals surface area contributed by atoms with Gasteiger partial charge in [0, 0.05) is 30.4 Å². The molecule has 4 nitrogen and oxygen atoms in total. The molecule has 1 aliphatic heterocycles. The second-order valence-electron chi connectivity index (χ2n) is 5.69. The van der Waals surface area contributed by atoms with Crippen molar-refractivity contribution in [1.29, 1.82) is 0 Å². The largest absolute Gasteiger partial charge is 0.323 e. The van der Waals surface area contributed by atoms with Crippen LogP contribution in [0.1, 0.15) is 18.4 Å². The highest BCUT2D eigenvalue weighted by atomic mass is 35.5. The lowest BCUT2D eigenvalue weighted by atomic mass is 10.2. The molecule has 0 atom stereocenters. The zero-order valence-corrected chi connectivity index (χ0v) is 14.8. The molecule has 25 heavy (non-hydrogen) atoms. The van der Waals surface area contributed by atoms with Crippen molar-refractivity contribution in [1.82, 2.24) is 0 Å². The monoisotopic (exact) mass is 374 g/mol. The summed E-state index contributed by atoms with van der Waals surface area (Å²) >= 11 is 11.8. The van der Waals surface area contributed by atoms with Gasteiger partial charge in [-0.2, -0.15) is 0 Å².